The van der Waals surface area contributed by atoms with Crippen molar-refractivity contribution in [3.8, 4) is 27.9 Å². The van der Waals surface area contributed by atoms with Crippen LogP contribution in [-0.4, -0.2) is 4.57 Å². The van der Waals surface area contributed by atoms with Gasteiger partial charge in [0.1, 0.15) is 0 Å². The molecule has 1 aromatic heterocycles. The summed E-state index contributed by atoms with van der Waals surface area (Å²) in [5.74, 6) is 0. The van der Waals surface area contributed by atoms with Crippen molar-refractivity contribution < 1.29 is 0 Å². The van der Waals surface area contributed by atoms with Crippen molar-refractivity contribution in [2.45, 2.75) is 0 Å². The van der Waals surface area contributed by atoms with Gasteiger partial charge >= 0.3 is 0 Å². The summed E-state index contributed by atoms with van der Waals surface area (Å²) in [5, 5.41) is 7.47. The summed E-state index contributed by atoms with van der Waals surface area (Å²) in [6, 6.07) is 74.6. The first kappa shape index (κ1) is 30.0. The molecule has 0 bridgehead atoms. The topological polar surface area (TPSA) is 8.17 Å². The van der Waals surface area contributed by atoms with Crippen LogP contribution in [0, 0.1) is 0 Å². The molecule has 0 N–H and O–H groups in total. The molecule has 0 radical (unpaired) electrons. The summed E-state index contributed by atoms with van der Waals surface area (Å²) in [6.45, 7) is 0. The van der Waals surface area contributed by atoms with Crippen LogP contribution < -0.4 is 4.90 Å². The maximum absolute atomic E-state index is 2.41. The van der Waals surface area contributed by atoms with Crippen molar-refractivity contribution in [3.05, 3.63) is 206 Å². The fraction of sp³-hybridized carbons (Fsp3) is 0. The van der Waals surface area contributed by atoms with Gasteiger partial charge < -0.3 is 9.47 Å². The van der Waals surface area contributed by atoms with Gasteiger partial charge in [-0.1, -0.05) is 146 Å². The monoisotopic (exact) mass is 662 g/mol. The second-order valence-electron chi connectivity index (χ2n) is 13.4. The van der Waals surface area contributed by atoms with Crippen LogP contribution >= 0.6 is 0 Å². The van der Waals surface area contributed by atoms with Gasteiger partial charge in [-0.05, 0) is 99.1 Å². The molecule has 244 valence electrons. The Bertz CT molecular complexity index is 2870. The number of anilines is 3. The van der Waals surface area contributed by atoms with E-state index in [4.69, 9.17) is 0 Å². The Hall–Kier alpha value is -6.90. The molecule has 0 spiro atoms. The first-order valence-electron chi connectivity index (χ1n) is 17.9. The number of rotatable bonds is 6. The van der Waals surface area contributed by atoms with Crippen molar-refractivity contribution in [2.75, 3.05) is 4.90 Å². The Morgan fingerprint density at radius 2 is 0.808 bits per heavy atom. The first-order chi connectivity index (χ1) is 25.8. The van der Waals surface area contributed by atoms with Crippen LogP contribution in [0.4, 0.5) is 17.1 Å². The highest BCUT2D eigenvalue weighted by molar-refractivity contribution is 6.15. The maximum atomic E-state index is 2.41. The van der Waals surface area contributed by atoms with E-state index in [9.17, 15) is 0 Å². The molecule has 9 aromatic carbocycles. The van der Waals surface area contributed by atoms with Crippen molar-refractivity contribution in [2.24, 2.45) is 0 Å². The second kappa shape index (κ2) is 12.5. The number of para-hydroxylation sites is 2. The van der Waals surface area contributed by atoms with Gasteiger partial charge in [0.2, 0.25) is 0 Å². The zero-order valence-electron chi connectivity index (χ0n) is 28.5. The molecule has 10 rings (SSSR count). The number of fused-ring (bicyclic) bond motifs is 6. The minimum atomic E-state index is 1.11. The van der Waals surface area contributed by atoms with E-state index in [0.717, 1.165) is 17.1 Å². The van der Waals surface area contributed by atoms with Crippen molar-refractivity contribution in [3.63, 3.8) is 0 Å². The third kappa shape index (κ3) is 5.04. The molecule has 2 nitrogen and oxygen atoms in total. The molecular weight excluding hydrogens is 629 g/mol. The van der Waals surface area contributed by atoms with Crippen LogP contribution in [0.25, 0.3) is 71.3 Å². The van der Waals surface area contributed by atoms with Crippen LogP contribution in [0.15, 0.2) is 206 Å². The van der Waals surface area contributed by atoms with Crippen LogP contribution in [0.3, 0.4) is 0 Å². The Morgan fingerprint density at radius 3 is 1.52 bits per heavy atom. The van der Waals surface area contributed by atoms with Crippen LogP contribution in [0.2, 0.25) is 0 Å². The quantitative estimate of drug-likeness (QED) is 0.161. The summed E-state index contributed by atoms with van der Waals surface area (Å²) in [7, 11) is 0. The highest BCUT2D eigenvalue weighted by Gasteiger charge is 2.18. The van der Waals surface area contributed by atoms with E-state index >= 15 is 0 Å². The van der Waals surface area contributed by atoms with E-state index < -0.39 is 0 Å². The lowest BCUT2D eigenvalue weighted by Crippen LogP contribution is -2.10. The summed E-state index contributed by atoms with van der Waals surface area (Å²) in [6.07, 6.45) is 0. The van der Waals surface area contributed by atoms with E-state index in [1.54, 1.807) is 0 Å². The fourth-order valence-electron chi connectivity index (χ4n) is 7.89. The van der Waals surface area contributed by atoms with Crippen LogP contribution in [0.1, 0.15) is 0 Å². The molecule has 1 heterocycles. The molecule has 0 atom stereocenters. The van der Waals surface area contributed by atoms with E-state index in [1.807, 2.05) is 0 Å². The Morgan fingerprint density at radius 1 is 0.308 bits per heavy atom. The van der Waals surface area contributed by atoms with E-state index in [2.05, 4.69) is 216 Å². The summed E-state index contributed by atoms with van der Waals surface area (Å²) in [4.78, 5) is 2.41. The molecule has 0 amide bonds. The number of hydrogen-bond acceptors (Lipinski definition) is 1. The third-order valence-corrected chi connectivity index (χ3v) is 10.4. The third-order valence-electron chi connectivity index (χ3n) is 10.4. The average molecular weight is 663 g/mol. The Kier molecular flexibility index (Phi) is 7.18. The van der Waals surface area contributed by atoms with Gasteiger partial charge in [0.15, 0.2) is 0 Å². The Labute approximate surface area is 303 Å². The second-order valence-corrected chi connectivity index (χ2v) is 13.4. The number of hydrogen-bond donors (Lipinski definition) is 0. The molecule has 0 aliphatic heterocycles. The SMILES string of the molecule is c1ccc(-c2ccc(N(c3ccc(-c4ccc5c(c4)c4ccccc4n5-c4ccccc4)cc3)c3cc4ccccc4c4ccccc34)cc2)cc1. The van der Waals surface area contributed by atoms with Crippen molar-refractivity contribution in [1.82, 2.24) is 4.57 Å². The van der Waals surface area contributed by atoms with Crippen LogP contribution in [0.5, 0.6) is 0 Å². The lowest BCUT2D eigenvalue weighted by molar-refractivity contribution is 1.18. The normalized spacial score (nSPS) is 11.5. The minimum Gasteiger partial charge on any atom is -0.310 e. The van der Waals surface area contributed by atoms with E-state index in [-0.39, 0.29) is 0 Å². The number of nitrogens with zero attached hydrogens (tertiary/aromatic N) is 2. The van der Waals surface area contributed by atoms with Gasteiger partial charge in [0.25, 0.3) is 0 Å². The van der Waals surface area contributed by atoms with Crippen molar-refractivity contribution in [1.29, 1.82) is 0 Å². The van der Waals surface area contributed by atoms with Gasteiger partial charge in [-0.3, -0.25) is 0 Å². The van der Waals surface area contributed by atoms with Gasteiger partial charge in [0.05, 0.1) is 16.7 Å². The molecule has 0 unspecified atom stereocenters. The summed E-state index contributed by atoms with van der Waals surface area (Å²) in [5.41, 5.74) is 11.8. The highest BCUT2D eigenvalue weighted by Crippen LogP contribution is 2.43. The molecular formula is C50H34N2. The molecule has 0 aliphatic rings. The number of aromatic nitrogens is 1. The average Bonchev–Trinajstić information content (AvgIpc) is 3.56. The lowest BCUT2D eigenvalue weighted by Gasteiger charge is -2.28. The fourth-order valence-corrected chi connectivity index (χ4v) is 7.89. The molecule has 0 saturated carbocycles. The Balaban J connectivity index is 1.11. The predicted molar refractivity (Wildman–Crippen MR) is 221 cm³/mol. The zero-order chi connectivity index (χ0) is 34.4. The smallest absolute Gasteiger partial charge is 0.0546 e. The van der Waals surface area contributed by atoms with Crippen LogP contribution in [-0.2, 0) is 0 Å². The molecule has 52 heavy (non-hydrogen) atoms. The van der Waals surface area contributed by atoms with E-state index in [1.165, 1.54) is 71.3 Å². The standard InChI is InChI=1S/C50H34N2/c1-3-13-35(14-4-1)36-23-28-41(29-24-36)51(50-34-39-15-7-8-18-43(39)44-19-9-10-20-45(44)50)42-30-25-37(26-31-42)38-27-32-49-47(33-38)46-21-11-12-22-48(46)52(49)40-16-5-2-6-17-40/h1-34H. The minimum absolute atomic E-state index is 1.11. The first-order valence-corrected chi connectivity index (χ1v) is 17.9. The molecule has 0 saturated heterocycles. The van der Waals surface area contributed by atoms with Gasteiger partial charge in [-0.15, -0.1) is 0 Å². The van der Waals surface area contributed by atoms with Gasteiger partial charge in [-0.25, -0.2) is 0 Å². The zero-order valence-corrected chi connectivity index (χ0v) is 28.5. The largest absolute Gasteiger partial charge is 0.310 e. The highest BCUT2D eigenvalue weighted by atomic mass is 15.1. The summed E-state index contributed by atoms with van der Waals surface area (Å²) >= 11 is 0. The predicted octanol–water partition coefficient (Wildman–Crippen LogP) is 13.9. The molecule has 2 heteroatoms. The molecule has 10 aromatic rings. The lowest BCUT2D eigenvalue weighted by atomic mass is 9.98. The van der Waals surface area contributed by atoms with Gasteiger partial charge in [-0.2, -0.15) is 0 Å². The maximum Gasteiger partial charge on any atom is 0.0546 e. The molecule has 0 aliphatic carbocycles. The van der Waals surface area contributed by atoms with Gasteiger partial charge in [0, 0.05) is 33.2 Å². The number of benzene rings is 9. The van der Waals surface area contributed by atoms with E-state index in [0.29, 0.717) is 0 Å². The molecule has 0 fully saturated rings. The summed E-state index contributed by atoms with van der Waals surface area (Å²) < 4.78 is 2.37. The van der Waals surface area contributed by atoms with Crippen molar-refractivity contribution >= 4 is 60.4 Å².